The van der Waals surface area contributed by atoms with Gasteiger partial charge in [-0.2, -0.15) is 0 Å². The highest BCUT2D eigenvalue weighted by Gasteiger charge is 2.36. The van der Waals surface area contributed by atoms with E-state index in [0.29, 0.717) is 37.8 Å². The van der Waals surface area contributed by atoms with Gasteiger partial charge in [0.15, 0.2) is 11.5 Å². The number of carbonyl (C=O) groups is 1. The number of piperidine rings is 1. The third-order valence-corrected chi connectivity index (χ3v) is 6.48. The van der Waals surface area contributed by atoms with Gasteiger partial charge in [0.05, 0.1) is 0 Å². The Hall–Kier alpha value is -1.40. The summed E-state index contributed by atoms with van der Waals surface area (Å²) in [5, 5.41) is 3.64. The molecular weight excluding hydrogens is 336 g/mol. The smallest absolute Gasteiger partial charge is 0.223 e. The van der Waals surface area contributed by atoms with Gasteiger partial charge >= 0.3 is 0 Å². The van der Waals surface area contributed by atoms with Crippen molar-refractivity contribution in [1.82, 2.24) is 10.2 Å². The summed E-state index contributed by atoms with van der Waals surface area (Å²) in [7, 11) is 1.98. The molecule has 2 fully saturated rings. The normalized spacial score (nSPS) is 27.2. The Bertz CT molecular complexity index is 627. The molecule has 136 valence electrons. The Balaban J connectivity index is 1.26. The molecule has 3 aliphatic heterocycles. The average Bonchev–Trinajstić information content (AvgIpc) is 2.98. The zero-order valence-electron chi connectivity index (χ0n) is 14.7. The topological polar surface area (TPSA) is 50.8 Å². The van der Waals surface area contributed by atoms with Gasteiger partial charge in [-0.05, 0) is 43.9 Å². The quantitative estimate of drug-likeness (QED) is 0.816. The first-order valence-electron chi connectivity index (χ1n) is 9.23. The Labute approximate surface area is 153 Å². The third-order valence-electron chi connectivity index (χ3n) is 5.49. The van der Waals surface area contributed by atoms with Gasteiger partial charge < -0.3 is 19.7 Å². The van der Waals surface area contributed by atoms with E-state index in [0.717, 1.165) is 35.0 Å². The number of fused-ring (bicyclic) bond motifs is 3. The van der Waals surface area contributed by atoms with E-state index < -0.39 is 0 Å². The molecule has 0 saturated carbocycles. The van der Waals surface area contributed by atoms with Crippen LogP contribution in [0, 0.1) is 0 Å². The molecule has 25 heavy (non-hydrogen) atoms. The predicted molar refractivity (Wildman–Crippen MR) is 98.5 cm³/mol. The average molecular weight is 362 g/mol. The lowest BCUT2D eigenvalue weighted by atomic mass is 9.98. The van der Waals surface area contributed by atoms with Crippen LogP contribution in [0.4, 0.5) is 0 Å². The first-order chi connectivity index (χ1) is 12.2. The molecule has 1 aromatic carbocycles. The Morgan fingerprint density at radius 3 is 2.68 bits per heavy atom. The van der Waals surface area contributed by atoms with E-state index in [-0.39, 0.29) is 5.91 Å². The molecule has 1 aromatic rings. The number of nitrogens with zero attached hydrogens (tertiary/aromatic N) is 1. The number of ether oxygens (including phenoxy) is 2. The molecule has 1 N–H and O–H groups in total. The molecule has 2 saturated heterocycles. The van der Waals surface area contributed by atoms with Crippen molar-refractivity contribution in [3.05, 3.63) is 18.2 Å². The maximum Gasteiger partial charge on any atom is 0.223 e. The molecular formula is C19H26N2O3S. The summed E-state index contributed by atoms with van der Waals surface area (Å²) in [5.74, 6) is 2.67. The summed E-state index contributed by atoms with van der Waals surface area (Å²) >= 11 is 1.70. The molecule has 0 radical (unpaired) electrons. The minimum Gasteiger partial charge on any atom is -0.486 e. The van der Waals surface area contributed by atoms with Crippen molar-refractivity contribution in [2.24, 2.45) is 0 Å². The summed E-state index contributed by atoms with van der Waals surface area (Å²) in [6.07, 6.45) is 5.32. The molecule has 6 heteroatoms. The number of thioether (sulfide) groups is 1. The van der Waals surface area contributed by atoms with E-state index >= 15 is 0 Å². The predicted octanol–water partition coefficient (Wildman–Crippen LogP) is 2.68. The van der Waals surface area contributed by atoms with Crippen molar-refractivity contribution in [3.8, 4) is 11.5 Å². The molecule has 2 atom stereocenters. The Morgan fingerprint density at radius 1 is 1.20 bits per heavy atom. The van der Waals surface area contributed by atoms with Gasteiger partial charge in [-0.15, -0.1) is 11.8 Å². The lowest BCUT2D eigenvalue weighted by Gasteiger charge is -2.35. The van der Waals surface area contributed by atoms with E-state index in [4.69, 9.17) is 9.47 Å². The molecule has 1 amide bonds. The minimum atomic E-state index is 0.261. The second-order valence-corrected chi connectivity index (χ2v) is 8.34. The Morgan fingerprint density at radius 2 is 1.92 bits per heavy atom. The lowest BCUT2D eigenvalue weighted by Crippen LogP contribution is -2.48. The van der Waals surface area contributed by atoms with E-state index in [1.807, 2.05) is 30.1 Å². The number of carbonyl (C=O) groups excluding carboxylic acids is 1. The van der Waals surface area contributed by atoms with Crippen molar-refractivity contribution in [1.29, 1.82) is 0 Å². The van der Waals surface area contributed by atoms with Crippen molar-refractivity contribution >= 4 is 17.7 Å². The molecule has 5 nitrogen and oxygen atoms in total. The monoisotopic (exact) mass is 362 g/mol. The van der Waals surface area contributed by atoms with Crippen LogP contribution in [0.2, 0.25) is 0 Å². The summed E-state index contributed by atoms with van der Waals surface area (Å²) in [4.78, 5) is 15.7. The van der Waals surface area contributed by atoms with Crippen LogP contribution in [0.25, 0.3) is 0 Å². The first kappa shape index (κ1) is 17.0. The fraction of sp³-hybridized carbons (Fsp3) is 0.632. The highest BCUT2D eigenvalue weighted by Crippen LogP contribution is 2.34. The summed E-state index contributed by atoms with van der Waals surface area (Å²) in [6, 6.07) is 7.65. The minimum absolute atomic E-state index is 0.261. The van der Waals surface area contributed by atoms with E-state index in [1.165, 1.54) is 12.8 Å². The molecule has 2 unspecified atom stereocenters. The van der Waals surface area contributed by atoms with Crippen LogP contribution < -0.4 is 14.8 Å². The number of benzene rings is 1. The van der Waals surface area contributed by atoms with Crippen LogP contribution in [0.5, 0.6) is 11.5 Å². The van der Waals surface area contributed by atoms with Gasteiger partial charge in [-0.1, -0.05) is 0 Å². The number of amides is 1. The molecule has 4 rings (SSSR count). The van der Waals surface area contributed by atoms with Crippen LogP contribution >= 0.6 is 11.8 Å². The van der Waals surface area contributed by atoms with Crippen LogP contribution in [0.15, 0.2) is 23.1 Å². The number of nitrogens with one attached hydrogen (secondary N) is 1. The highest BCUT2D eigenvalue weighted by atomic mass is 32.2. The fourth-order valence-corrected chi connectivity index (χ4v) is 4.96. The van der Waals surface area contributed by atoms with Gasteiger partial charge in [-0.25, -0.2) is 0 Å². The van der Waals surface area contributed by atoms with Crippen molar-refractivity contribution in [3.63, 3.8) is 0 Å². The zero-order valence-corrected chi connectivity index (χ0v) is 15.5. The van der Waals surface area contributed by atoms with Crippen LogP contribution in [-0.4, -0.2) is 54.9 Å². The molecule has 0 aliphatic carbocycles. The van der Waals surface area contributed by atoms with Gasteiger partial charge in [0, 0.05) is 42.2 Å². The molecule has 2 bridgehead atoms. The maximum absolute atomic E-state index is 12.5. The lowest BCUT2D eigenvalue weighted by molar-refractivity contribution is -0.132. The highest BCUT2D eigenvalue weighted by molar-refractivity contribution is 7.99. The largest absolute Gasteiger partial charge is 0.486 e. The van der Waals surface area contributed by atoms with E-state index in [2.05, 4.69) is 5.32 Å². The fourth-order valence-electron chi connectivity index (χ4n) is 4.09. The van der Waals surface area contributed by atoms with Crippen molar-refractivity contribution in [2.75, 3.05) is 26.0 Å². The zero-order chi connectivity index (χ0) is 17.2. The summed E-state index contributed by atoms with van der Waals surface area (Å²) < 4.78 is 11.2. The van der Waals surface area contributed by atoms with Crippen LogP contribution in [0.1, 0.15) is 32.1 Å². The van der Waals surface area contributed by atoms with Gasteiger partial charge in [-0.3, -0.25) is 4.79 Å². The van der Waals surface area contributed by atoms with Crippen molar-refractivity contribution in [2.45, 2.75) is 55.1 Å². The Kier molecular flexibility index (Phi) is 5.08. The molecule has 0 spiro atoms. The standard InChI is InChI=1S/C19H26N2O3S/c1-21(15-10-13-2-3-14(11-15)20-13)19(22)6-9-25-16-4-5-17-18(12-16)24-8-7-23-17/h4-5,12-15,20H,2-3,6-11H2,1H3. The van der Waals surface area contributed by atoms with E-state index in [1.54, 1.807) is 11.8 Å². The second kappa shape index (κ2) is 7.46. The van der Waals surface area contributed by atoms with Gasteiger partial charge in [0.2, 0.25) is 5.91 Å². The molecule has 3 aliphatic rings. The maximum atomic E-state index is 12.5. The van der Waals surface area contributed by atoms with Gasteiger partial charge in [0.25, 0.3) is 0 Å². The molecule has 0 aromatic heterocycles. The number of hydrogen-bond donors (Lipinski definition) is 1. The van der Waals surface area contributed by atoms with Gasteiger partial charge in [0.1, 0.15) is 13.2 Å². The van der Waals surface area contributed by atoms with E-state index in [9.17, 15) is 4.79 Å². The molecule has 3 heterocycles. The summed E-state index contributed by atoms with van der Waals surface area (Å²) in [6.45, 7) is 1.21. The second-order valence-electron chi connectivity index (χ2n) is 7.17. The van der Waals surface area contributed by atoms with Crippen molar-refractivity contribution < 1.29 is 14.3 Å². The van der Waals surface area contributed by atoms with Crippen LogP contribution in [-0.2, 0) is 4.79 Å². The van der Waals surface area contributed by atoms with Crippen LogP contribution in [0.3, 0.4) is 0 Å². The third kappa shape index (κ3) is 3.90. The number of hydrogen-bond acceptors (Lipinski definition) is 5. The summed E-state index contributed by atoms with van der Waals surface area (Å²) in [5.41, 5.74) is 0. The number of rotatable bonds is 5. The first-order valence-corrected chi connectivity index (χ1v) is 10.2. The SMILES string of the molecule is CN(C(=O)CCSc1ccc2c(c1)OCCO2)C1CC2CCC(C1)N2.